The SMILES string of the molecule is CN1CC[C@@H](ONC(=O)[C@@H]2CC[C@@H]3CN2C(=O)N3C)C1. The molecule has 7 nitrogen and oxygen atoms in total. The van der Waals surface area contributed by atoms with E-state index in [1.165, 1.54) is 0 Å². The molecule has 3 amide bonds. The molecule has 0 aromatic carbocycles. The van der Waals surface area contributed by atoms with Crippen LogP contribution in [0.3, 0.4) is 0 Å². The van der Waals surface area contributed by atoms with Crippen LogP contribution in [0, 0.1) is 0 Å². The first-order valence-electron chi connectivity index (χ1n) is 7.23. The highest BCUT2D eigenvalue weighted by Crippen LogP contribution is 2.28. The summed E-state index contributed by atoms with van der Waals surface area (Å²) in [7, 11) is 3.84. The number of hydrogen-bond acceptors (Lipinski definition) is 4. The average Bonchev–Trinajstić information content (AvgIpc) is 2.95. The van der Waals surface area contributed by atoms with E-state index in [0.717, 1.165) is 25.9 Å². The van der Waals surface area contributed by atoms with Crippen LogP contribution in [0.5, 0.6) is 0 Å². The van der Waals surface area contributed by atoms with Gasteiger partial charge in [0, 0.05) is 26.7 Å². The summed E-state index contributed by atoms with van der Waals surface area (Å²) in [6.07, 6.45) is 2.57. The van der Waals surface area contributed by atoms with Gasteiger partial charge in [-0.1, -0.05) is 0 Å². The van der Waals surface area contributed by atoms with E-state index < -0.39 is 0 Å². The molecule has 3 aliphatic rings. The van der Waals surface area contributed by atoms with Crippen molar-refractivity contribution in [2.45, 2.75) is 37.5 Å². The van der Waals surface area contributed by atoms with Crippen LogP contribution in [0.15, 0.2) is 0 Å². The maximum atomic E-state index is 12.2. The lowest BCUT2D eigenvalue weighted by Crippen LogP contribution is -2.50. The van der Waals surface area contributed by atoms with Gasteiger partial charge in [0.25, 0.3) is 5.91 Å². The number of piperidine rings is 1. The lowest BCUT2D eigenvalue weighted by atomic mass is 10.0. The molecule has 3 saturated heterocycles. The van der Waals surface area contributed by atoms with Gasteiger partial charge < -0.3 is 14.7 Å². The zero-order chi connectivity index (χ0) is 14.3. The van der Waals surface area contributed by atoms with Crippen LogP contribution in [0.1, 0.15) is 19.3 Å². The second-order valence-electron chi connectivity index (χ2n) is 6.05. The van der Waals surface area contributed by atoms with E-state index in [1.54, 1.807) is 16.8 Å². The van der Waals surface area contributed by atoms with Crippen molar-refractivity contribution >= 4 is 11.9 Å². The maximum Gasteiger partial charge on any atom is 0.320 e. The molecule has 3 fully saturated rings. The highest BCUT2D eigenvalue weighted by Gasteiger charge is 2.45. The molecule has 0 unspecified atom stereocenters. The van der Waals surface area contributed by atoms with Crippen molar-refractivity contribution in [3.8, 4) is 0 Å². The summed E-state index contributed by atoms with van der Waals surface area (Å²) < 4.78 is 0. The number of likely N-dealkylation sites (N-methyl/N-ethyl adjacent to an activating group) is 2. The quantitative estimate of drug-likeness (QED) is 0.718. The van der Waals surface area contributed by atoms with Gasteiger partial charge in [-0.3, -0.25) is 9.63 Å². The van der Waals surface area contributed by atoms with Crippen LogP contribution in [-0.2, 0) is 9.63 Å². The fourth-order valence-corrected chi connectivity index (χ4v) is 3.31. The molecule has 0 spiro atoms. The predicted molar refractivity (Wildman–Crippen MR) is 71.8 cm³/mol. The normalized spacial score (nSPS) is 33.9. The molecule has 0 saturated carbocycles. The van der Waals surface area contributed by atoms with Gasteiger partial charge in [-0.05, 0) is 26.3 Å². The fraction of sp³-hybridized carbons (Fsp3) is 0.846. The molecule has 3 aliphatic heterocycles. The van der Waals surface area contributed by atoms with E-state index in [-0.39, 0.29) is 30.1 Å². The molecule has 3 rings (SSSR count). The summed E-state index contributed by atoms with van der Waals surface area (Å²) in [5.41, 5.74) is 2.56. The Balaban J connectivity index is 1.54. The molecule has 3 heterocycles. The van der Waals surface area contributed by atoms with Crippen molar-refractivity contribution in [3.63, 3.8) is 0 Å². The Morgan fingerprint density at radius 2 is 2.05 bits per heavy atom. The third-order valence-corrected chi connectivity index (χ3v) is 4.63. The van der Waals surface area contributed by atoms with E-state index in [9.17, 15) is 9.59 Å². The number of likely N-dealkylation sites (tertiary alicyclic amines) is 1. The second kappa shape index (κ2) is 5.21. The number of nitrogens with one attached hydrogen (secondary N) is 1. The minimum absolute atomic E-state index is 0.0479. The topological polar surface area (TPSA) is 65.1 Å². The van der Waals surface area contributed by atoms with Gasteiger partial charge in [-0.25, -0.2) is 10.3 Å². The van der Waals surface area contributed by atoms with Crippen LogP contribution in [0.4, 0.5) is 4.79 Å². The molecule has 1 N–H and O–H groups in total. The Bertz CT molecular complexity index is 416. The molecule has 0 aromatic rings. The third-order valence-electron chi connectivity index (χ3n) is 4.63. The molecule has 112 valence electrons. The standard InChI is InChI=1S/C13H22N4O3/c1-15-6-5-10(8-15)20-14-12(18)11-4-3-9-7-17(11)13(19)16(9)2/h9-11H,3-8H2,1-2H3,(H,14,18)/t9-,10-,11+/m1/s1. The van der Waals surface area contributed by atoms with Crippen LogP contribution in [0.25, 0.3) is 0 Å². The van der Waals surface area contributed by atoms with E-state index in [2.05, 4.69) is 10.4 Å². The number of hydroxylamine groups is 1. The lowest BCUT2D eigenvalue weighted by molar-refractivity contribution is -0.143. The Kier molecular flexibility index (Phi) is 3.55. The van der Waals surface area contributed by atoms with E-state index in [0.29, 0.717) is 13.0 Å². The van der Waals surface area contributed by atoms with Crippen molar-refractivity contribution in [1.82, 2.24) is 20.2 Å². The van der Waals surface area contributed by atoms with Crippen LogP contribution >= 0.6 is 0 Å². The summed E-state index contributed by atoms with van der Waals surface area (Å²) >= 11 is 0. The molecule has 0 aliphatic carbocycles. The highest BCUT2D eigenvalue weighted by molar-refractivity contribution is 5.88. The Morgan fingerprint density at radius 3 is 2.75 bits per heavy atom. The average molecular weight is 282 g/mol. The largest absolute Gasteiger partial charge is 0.323 e. The Morgan fingerprint density at radius 1 is 1.25 bits per heavy atom. The number of hydrogen-bond donors (Lipinski definition) is 1. The number of fused-ring (bicyclic) bond motifs is 2. The molecule has 2 bridgehead atoms. The van der Waals surface area contributed by atoms with Gasteiger partial charge in [0.15, 0.2) is 0 Å². The first-order chi connectivity index (χ1) is 9.56. The minimum Gasteiger partial charge on any atom is -0.323 e. The number of carbonyl (C=O) groups excluding carboxylic acids is 2. The molecule has 0 radical (unpaired) electrons. The predicted octanol–water partition coefficient (Wildman–Crippen LogP) is -0.363. The smallest absolute Gasteiger partial charge is 0.320 e. The van der Waals surface area contributed by atoms with Gasteiger partial charge >= 0.3 is 6.03 Å². The second-order valence-corrected chi connectivity index (χ2v) is 6.05. The van der Waals surface area contributed by atoms with E-state index in [4.69, 9.17) is 4.84 Å². The summed E-state index contributed by atoms with van der Waals surface area (Å²) in [4.78, 5) is 35.3. The Hall–Kier alpha value is -1.34. The minimum atomic E-state index is -0.386. The molecule has 0 aromatic heterocycles. The molecular formula is C13H22N4O3. The highest BCUT2D eigenvalue weighted by atomic mass is 16.7. The van der Waals surface area contributed by atoms with Crippen molar-refractivity contribution in [2.24, 2.45) is 0 Å². The summed E-state index contributed by atoms with van der Waals surface area (Å²) in [5.74, 6) is -0.193. The summed E-state index contributed by atoms with van der Waals surface area (Å²) in [6, 6.07) is -0.174. The van der Waals surface area contributed by atoms with Crippen molar-refractivity contribution in [1.29, 1.82) is 0 Å². The number of nitrogens with zero attached hydrogens (tertiary/aromatic N) is 3. The zero-order valence-electron chi connectivity index (χ0n) is 12.0. The number of rotatable bonds is 3. The van der Waals surface area contributed by atoms with Gasteiger partial charge in [0.2, 0.25) is 0 Å². The lowest BCUT2D eigenvalue weighted by Gasteiger charge is -2.29. The van der Waals surface area contributed by atoms with Gasteiger partial charge in [-0.15, -0.1) is 0 Å². The van der Waals surface area contributed by atoms with E-state index >= 15 is 0 Å². The van der Waals surface area contributed by atoms with Gasteiger partial charge in [0.1, 0.15) is 6.04 Å². The van der Waals surface area contributed by atoms with Crippen LogP contribution < -0.4 is 5.48 Å². The zero-order valence-corrected chi connectivity index (χ0v) is 12.0. The van der Waals surface area contributed by atoms with E-state index in [1.807, 2.05) is 7.05 Å². The monoisotopic (exact) mass is 282 g/mol. The first-order valence-corrected chi connectivity index (χ1v) is 7.23. The summed E-state index contributed by atoms with van der Waals surface area (Å²) in [5, 5.41) is 0. The summed E-state index contributed by atoms with van der Waals surface area (Å²) in [6.45, 7) is 2.47. The Labute approximate surface area is 118 Å². The molecular weight excluding hydrogens is 260 g/mol. The van der Waals surface area contributed by atoms with Crippen molar-refractivity contribution in [2.75, 3.05) is 33.7 Å². The van der Waals surface area contributed by atoms with Gasteiger partial charge in [-0.2, -0.15) is 0 Å². The van der Waals surface area contributed by atoms with Crippen molar-refractivity contribution in [3.05, 3.63) is 0 Å². The first kappa shape index (κ1) is 13.6. The number of amides is 3. The third kappa shape index (κ3) is 2.35. The number of urea groups is 1. The van der Waals surface area contributed by atoms with Gasteiger partial charge in [0.05, 0.1) is 12.1 Å². The molecule has 7 heteroatoms. The molecule has 20 heavy (non-hydrogen) atoms. The number of carbonyl (C=O) groups is 2. The fourth-order valence-electron chi connectivity index (χ4n) is 3.31. The van der Waals surface area contributed by atoms with Crippen LogP contribution in [0.2, 0.25) is 0 Å². The molecule has 3 atom stereocenters. The van der Waals surface area contributed by atoms with Crippen LogP contribution in [-0.4, -0.2) is 78.6 Å². The maximum absolute atomic E-state index is 12.2. The van der Waals surface area contributed by atoms with Crippen molar-refractivity contribution < 1.29 is 14.4 Å².